The van der Waals surface area contributed by atoms with Crippen LogP contribution in [0.25, 0.3) is 11.3 Å². The summed E-state index contributed by atoms with van der Waals surface area (Å²) < 4.78 is 18.5. The van der Waals surface area contributed by atoms with Crippen LogP contribution in [0.1, 0.15) is 19.2 Å². The first kappa shape index (κ1) is 14.1. The predicted molar refractivity (Wildman–Crippen MR) is 76.3 cm³/mol. The van der Waals surface area contributed by atoms with E-state index >= 15 is 0 Å². The Labute approximate surface area is 116 Å². The monoisotopic (exact) mass is 280 g/mol. The maximum atomic E-state index is 12.8. The molecule has 0 aliphatic heterocycles. The predicted octanol–water partition coefficient (Wildman–Crippen LogP) is 3.45. The SMILES string of the molecule is CC(CCN)SCc1ncc(-c2ccc(F)cc2)o1. The Bertz CT molecular complexity index is 512. The van der Waals surface area contributed by atoms with Crippen molar-refractivity contribution in [1.82, 2.24) is 4.98 Å². The van der Waals surface area contributed by atoms with Crippen LogP contribution >= 0.6 is 11.8 Å². The van der Waals surface area contributed by atoms with Gasteiger partial charge < -0.3 is 10.2 Å². The van der Waals surface area contributed by atoms with Crippen molar-refractivity contribution >= 4 is 11.8 Å². The molecule has 0 amide bonds. The van der Waals surface area contributed by atoms with Crippen molar-refractivity contribution in [3.63, 3.8) is 0 Å². The number of aromatic nitrogens is 1. The highest BCUT2D eigenvalue weighted by atomic mass is 32.2. The second kappa shape index (κ2) is 6.73. The molecule has 0 aliphatic carbocycles. The Morgan fingerprint density at radius 3 is 2.79 bits per heavy atom. The van der Waals surface area contributed by atoms with Crippen LogP contribution in [0.15, 0.2) is 34.9 Å². The van der Waals surface area contributed by atoms with Gasteiger partial charge in [-0.2, -0.15) is 0 Å². The summed E-state index contributed by atoms with van der Waals surface area (Å²) in [5.41, 5.74) is 6.34. The van der Waals surface area contributed by atoms with E-state index in [4.69, 9.17) is 10.2 Å². The molecule has 1 heterocycles. The van der Waals surface area contributed by atoms with Crippen LogP contribution in [-0.4, -0.2) is 16.8 Å². The quantitative estimate of drug-likeness (QED) is 0.880. The van der Waals surface area contributed by atoms with E-state index in [0.29, 0.717) is 23.4 Å². The fourth-order valence-corrected chi connectivity index (χ4v) is 2.52. The molecule has 2 N–H and O–H groups in total. The molecule has 0 saturated heterocycles. The number of halogens is 1. The Kier molecular flexibility index (Phi) is 4.99. The van der Waals surface area contributed by atoms with Crippen LogP contribution in [0, 0.1) is 5.82 Å². The lowest BCUT2D eigenvalue weighted by molar-refractivity contribution is 0.529. The molecular formula is C14H17FN2OS. The van der Waals surface area contributed by atoms with Gasteiger partial charge in [0, 0.05) is 10.8 Å². The third-order valence-electron chi connectivity index (χ3n) is 2.75. The van der Waals surface area contributed by atoms with Crippen LogP contribution in [0.4, 0.5) is 4.39 Å². The molecule has 3 nitrogen and oxygen atoms in total. The topological polar surface area (TPSA) is 52.0 Å². The van der Waals surface area contributed by atoms with Crippen molar-refractivity contribution in [3.8, 4) is 11.3 Å². The van der Waals surface area contributed by atoms with Crippen LogP contribution in [0.5, 0.6) is 0 Å². The van der Waals surface area contributed by atoms with Gasteiger partial charge in [-0.05, 0) is 37.2 Å². The minimum Gasteiger partial charge on any atom is -0.440 e. The van der Waals surface area contributed by atoms with Gasteiger partial charge >= 0.3 is 0 Å². The Morgan fingerprint density at radius 1 is 1.37 bits per heavy atom. The number of oxazole rings is 1. The standard InChI is InChI=1S/C14H17FN2OS/c1-10(6-7-16)19-9-14-17-8-13(18-14)11-2-4-12(15)5-3-11/h2-5,8,10H,6-7,9,16H2,1H3. The summed E-state index contributed by atoms with van der Waals surface area (Å²) in [7, 11) is 0. The molecule has 0 bridgehead atoms. The molecule has 0 saturated carbocycles. The summed E-state index contributed by atoms with van der Waals surface area (Å²) in [5.74, 6) is 1.83. The second-order valence-corrected chi connectivity index (χ2v) is 5.75. The highest BCUT2D eigenvalue weighted by Crippen LogP contribution is 2.24. The molecule has 5 heteroatoms. The molecule has 2 rings (SSSR count). The molecule has 0 spiro atoms. The van der Waals surface area contributed by atoms with Crippen molar-refractivity contribution in [2.75, 3.05) is 6.54 Å². The van der Waals surface area contributed by atoms with Gasteiger partial charge in [-0.15, -0.1) is 11.8 Å². The van der Waals surface area contributed by atoms with Gasteiger partial charge in [0.25, 0.3) is 0 Å². The lowest BCUT2D eigenvalue weighted by Crippen LogP contribution is -2.07. The fourth-order valence-electron chi connectivity index (χ4n) is 1.66. The molecule has 1 unspecified atom stereocenters. The molecule has 19 heavy (non-hydrogen) atoms. The molecule has 1 aromatic heterocycles. The Balaban J connectivity index is 1.97. The van der Waals surface area contributed by atoms with Gasteiger partial charge in [0.1, 0.15) is 5.82 Å². The van der Waals surface area contributed by atoms with Crippen molar-refractivity contribution < 1.29 is 8.81 Å². The molecule has 0 aliphatic rings. The van der Waals surface area contributed by atoms with Gasteiger partial charge in [-0.1, -0.05) is 6.92 Å². The van der Waals surface area contributed by atoms with Crippen molar-refractivity contribution in [2.24, 2.45) is 5.73 Å². The number of benzene rings is 1. The van der Waals surface area contributed by atoms with Gasteiger partial charge in [-0.25, -0.2) is 9.37 Å². The van der Waals surface area contributed by atoms with E-state index in [1.165, 1.54) is 12.1 Å². The molecule has 1 aromatic carbocycles. The third-order valence-corrected chi connectivity index (χ3v) is 3.97. The first-order valence-corrected chi connectivity index (χ1v) is 7.26. The highest BCUT2D eigenvalue weighted by Gasteiger charge is 2.08. The smallest absolute Gasteiger partial charge is 0.204 e. The van der Waals surface area contributed by atoms with E-state index in [2.05, 4.69) is 11.9 Å². The van der Waals surface area contributed by atoms with Gasteiger partial charge in [0.05, 0.1) is 11.9 Å². The maximum absolute atomic E-state index is 12.8. The molecule has 102 valence electrons. The van der Waals surface area contributed by atoms with Gasteiger partial charge in [0.15, 0.2) is 5.76 Å². The number of hydrogen-bond acceptors (Lipinski definition) is 4. The molecule has 1 atom stereocenters. The third kappa shape index (κ3) is 4.08. The Hall–Kier alpha value is -1.33. The summed E-state index contributed by atoms with van der Waals surface area (Å²) >= 11 is 1.77. The van der Waals surface area contributed by atoms with Crippen LogP contribution < -0.4 is 5.73 Å². The average molecular weight is 280 g/mol. The van der Waals surface area contributed by atoms with Crippen molar-refractivity contribution in [3.05, 3.63) is 42.2 Å². The zero-order valence-electron chi connectivity index (χ0n) is 10.8. The number of rotatable bonds is 6. The largest absolute Gasteiger partial charge is 0.440 e. The minimum absolute atomic E-state index is 0.255. The van der Waals surface area contributed by atoms with E-state index in [0.717, 1.165) is 17.7 Å². The van der Waals surface area contributed by atoms with E-state index in [9.17, 15) is 4.39 Å². The normalized spacial score (nSPS) is 12.6. The fraction of sp³-hybridized carbons (Fsp3) is 0.357. The number of hydrogen-bond donors (Lipinski definition) is 1. The van der Waals surface area contributed by atoms with Gasteiger partial charge in [0.2, 0.25) is 5.89 Å². The average Bonchev–Trinajstić information content (AvgIpc) is 2.86. The first-order chi connectivity index (χ1) is 9.19. The molecular weight excluding hydrogens is 263 g/mol. The molecule has 0 radical (unpaired) electrons. The molecule has 2 aromatic rings. The van der Waals surface area contributed by atoms with E-state index in [1.54, 1.807) is 30.1 Å². The van der Waals surface area contributed by atoms with Crippen LogP contribution in [0.2, 0.25) is 0 Å². The van der Waals surface area contributed by atoms with Crippen LogP contribution in [-0.2, 0) is 5.75 Å². The van der Waals surface area contributed by atoms with Crippen LogP contribution in [0.3, 0.4) is 0 Å². The summed E-state index contributed by atoms with van der Waals surface area (Å²) in [6.07, 6.45) is 2.66. The summed E-state index contributed by atoms with van der Waals surface area (Å²) in [4.78, 5) is 4.23. The maximum Gasteiger partial charge on any atom is 0.204 e. The summed E-state index contributed by atoms with van der Waals surface area (Å²) in [5, 5.41) is 0.492. The number of thioether (sulfide) groups is 1. The van der Waals surface area contributed by atoms with E-state index in [-0.39, 0.29) is 5.82 Å². The van der Waals surface area contributed by atoms with Gasteiger partial charge in [-0.3, -0.25) is 0 Å². The molecule has 0 fully saturated rings. The number of nitrogens with zero attached hydrogens (tertiary/aromatic N) is 1. The van der Waals surface area contributed by atoms with Crippen molar-refractivity contribution in [1.29, 1.82) is 0 Å². The zero-order chi connectivity index (χ0) is 13.7. The Morgan fingerprint density at radius 2 is 2.11 bits per heavy atom. The van der Waals surface area contributed by atoms with Crippen molar-refractivity contribution in [2.45, 2.75) is 24.3 Å². The van der Waals surface area contributed by atoms with E-state index < -0.39 is 0 Å². The number of nitrogens with two attached hydrogens (primary N) is 1. The second-order valence-electron chi connectivity index (χ2n) is 4.32. The zero-order valence-corrected chi connectivity index (χ0v) is 11.6. The van der Waals surface area contributed by atoms with E-state index in [1.807, 2.05) is 0 Å². The summed E-state index contributed by atoms with van der Waals surface area (Å²) in [6.45, 7) is 2.84. The first-order valence-electron chi connectivity index (χ1n) is 6.21. The lowest BCUT2D eigenvalue weighted by Gasteiger charge is -2.06. The highest BCUT2D eigenvalue weighted by molar-refractivity contribution is 7.99. The lowest BCUT2D eigenvalue weighted by atomic mass is 10.2. The summed E-state index contributed by atoms with van der Waals surface area (Å²) in [6, 6.07) is 6.19. The minimum atomic E-state index is -0.255.